The molecule has 2 rings (SSSR count). The molecule has 0 aromatic carbocycles. The summed E-state index contributed by atoms with van der Waals surface area (Å²) >= 11 is 0. The zero-order valence-corrected chi connectivity index (χ0v) is 19.1. The minimum Gasteiger partial charge on any atom is -0.350 e. The van der Waals surface area contributed by atoms with Gasteiger partial charge in [-0.3, -0.25) is 19.4 Å². The minimum absolute atomic E-state index is 0. The van der Waals surface area contributed by atoms with E-state index < -0.39 is 5.54 Å². The summed E-state index contributed by atoms with van der Waals surface area (Å²) in [5, 5.41) is 6.42. The normalized spacial score (nSPS) is 13.0. The van der Waals surface area contributed by atoms with Crippen molar-refractivity contribution in [3.05, 3.63) is 27.2 Å². The van der Waals surface area contributed by atoms with Crippen molar-refractivity contribution in [2.45, 2.75) is 59.4 Å². The highest BCUT2D eigenvalue weighted by atomic mass is 35.5. The van der Waals surface area contributed by atoms with Gasteiger partial charge >= 0.3 is 0 Å². The van der Waals surface area contributed by atoms with Crippen molar-refractivity contribution in [2.75, 3.05) is 6.54 Å². The van der Waals surface area contributed by atoms with Gasteiger partial charge in [-0.15, -0.1) is 24.8 Å². The van der Waals surface area contributed by atoms with Crippen LogP contribution in [0.25, 0.3) is 11.0 Å². The second-order valence-corrected chi connectivity index (χ2v) is 7.91. The number of rotatable bonds is 7. The Kier molecular flexibility index (Phi) is 9.70. The first-order valence-corrected chi connectivity index (χ1v) is 9.14. The molecule has 7 nitrogen and oxygen atoms in total. The quantitative estimate of drug-likeness (QED) is 0.623. The predicted molar refractivity (Wildman–Crippen MR) is 119 cm³/mol. The van der Waals surface area contributed by atoms with Crippen LogP contribution in [-0.2, 0) is 18.3 Å². The number of amides is 1. The summed E-state index contributed by atoms with van der Waals surface area (Å²) in [6, 6.07) is 0. The lowest BCUT2D eigenvalue weighted by Crippen LogP contribution is -2.52. The fraction of sp³-hybridized carbons (Fsp3) is 0.632. The van der Waals surface area contributed by atoms with Crippen LogP contribution in [-0.4, -0.2) is 32.8 Å². The summed E-state index contributed by atoms with van der Waals surface area (Å²) in [7, 11) is 1.77. The van der Waals surface area contributed by atoms with Gasteiger partial charge in [0.1, 0.15) is 0 Å². The van der Waals surface area contributed by atoms with E-state index in [-0.39, 0.29) is 36.3 Å². The molecule has 0 aliphatic carbocycles. The Morgan fingerprint density at radius 2 is 1.93 bits per heavy atom. The molecule has 2 aromatic rings. The average molecular weight is 434 g/mol. The number of halogens is 2. The SMILES string of the molecule is Cc1nc2c(c(C)c1CCC(=O)NC(C)(CN)CC(C)C)c(=O)[nH]n2C.Cl.Cl. The van der Waals surface area contributed by atoms with Crippen LogP contribution in [0.3, 0.4) is 0 Å². The van der Waals surface area contributed by atoms with Crippen LogP contribution in [0.2, 0.25) is 0 Å². The van der Waals surface area contributed by atoms with Crippen molar-refractivity contribution >= 4 is 41.8 Å². The average Bonchev–Trinajstić information content (AvgIpc) is 2.80. The molecular formula is C19H33Cl2N5O2. The molecule has 0 fully saturated rings. The first-order chi connectivity index (χ1) is 12.1. The third-order valence-electron chi connectivity index (χ3n) is 4.93. The van der Waals surface area contributed by atoms with E-state index in [0.717, 1.165) is 23.2 Å². The van der Waals surface area contributed by atoms with Crippen LogP contribution in [0.1, 0.15) is 50.4 Å². The fourth-order valence-electron chi connectivity index (χ4n) is 3.74. The predicted octanol–water partition coefficient (Wildman–Crippen LogP) is 2.53. The molecular weight excluding hydrogens is 401 g/mol. The molecule has 0 bridgehead atoms. The van der Waals surface area contributed by atoms with E-state index in [1.807, 2.05) is 20.8 Å². The van der Waals surface area contributed by atoms with Gasteiger partial charge in [0.05, 0.1) is 5.39 Å². The number of carbonyl (C=O) groups excluding carboxylic acids is 1. The van der Waals surface area contributed by atoms with Crippen molar-refractivity contribution in [3.8, 4) is 0 Å². The highest BCUT2D eigenvalue weighted by Gasteiger charge is 2.26. The second kappa shape index (κ2) is 10.3. The van der Waals surface area contributed by atoms with Crippen LogP contribution >= 0.6 is 24.8 Å². The third kappa shape index (κ3) is 5.72. The first-order valence-electron chi connectivity index (χ1n) is 9.14. The molecule has 0 spiro atoms. The lowest BCUT2D eigenvalue weighted by atomic mass is 9.90. The van der Waals surface area contributed by atoms with Crippen molar-refractivity contribution in [3.63, 3.8) is 0 Å². The maximum atomic E-state index is 12.5. The molecule has 1 unspecified atom stereocenters. The Morgan fingerprint density at radius 1 is 1.32 bits per heavy atom. The molecule has 0 saturated carbocycles. The van der Waals surface area contributed by atoms with Crippen molar-refractivity contribution in [1.29, 1.82) is 0 Å². The van der Waals surface area contributed by atoms with Gasteiger partial charge in [0.25, 0.3) is 5.56 Å². The molecule has 28 heavy (non-hydrogen) atoms. The van der Waals surface area contributed by atoms with Gasteiger partial charge in [-0.25, -0.2) is 4.98 Å². The number of carbonyl (C=O) groups is 1. The standard InChI is InChI=1S/C19H31N5O2.2ClH/c1-11(2)9-19(5,10-20)22-15(25)8-7-14-12(3)16-17(21-13(14)4)24(6)23-18(16)26;;/h11H,7-10,20H2,1-6H3,(H,22,25)(H,23,26);2*1H. The summed E-state index contributed by atoms with van der Waals surface area (Å²) in [5.74, 6) is 0.421. The monoisotopic (exact) mass is 433 g/mol. The van der Waals surface area contributed by atoms with E-state index in [1.165, 1.54) is 0 Å². The molecule has 0 aliphatic heterocycles. The summed E-state index contributed by atoms with van der Waals surface area (Å²) in [4.78, 5) is 29.2. The molecule has 4 N–H and O–H groups in total. The van der Waals surface area contributed by atoms with E-state index in [9.17, 15) is 9.59 Å². The molecule has 0 aliphatic rings. The lowest BCUT2D eigenvalue weighted by molar-refractivity contribution is -0.122. The Balaban J connectivity index is 0.00000364. The van der Waals surface area contributed by atoms with Gasteiger partial charge < -0.3 is 11.1 Å². The number of nitrogens with two attached hydrogens (primary N) is 1. The van der Waals surface area contributed by atoms with Crippen LogP contribution < -0.4 is 16.6 Å². The van der Waals surface area contributed by atoms with Crippen LogP contribution in [0.15, 0.2) is 4.79 Å². The number of nitrogens with zero attached hydrogens (tertiary/aromatic N) is 2. The van der Waals surface area contributed by atoms with E-state index in [0.29, 0.717) is 36.3 Å². The zero-order chi connectivity index (χ0) is 19.6. The third-order valence-corrected chi connectivity index (χ3v) is 4.93. The number of nitrogens with one attached hydrogen (secondary N) is 2. The molecule has 0 radical (unpaired) electrons. The number of fused-ring (bicyclic) bond motifs is 1. The summed E-state index contributed by atoms with van der Waals surface area (Å²) < 4.78 is 1.63. The number of aromatic amines is 1. The fourth-order valence-corrected chi connectivity index (χ4v) is 3.74. The van der Waals surface area contributed by atoms with Crippen molar-refractivity contribution < 1.29 is 4.79 Å². The second-order valence-electron chi connectivity index (χ2n) is 7.91. The Labute approximate surface area is 178 Å². The summed E-state index contributed by atoms with van der Waals surface area (Å²) in [6.45, 7) is 10.5. The zero-order valence-electron chi connectivity index (χ0n) is 17.5. The number of aromatic nitrogens is 3. The van der Waals surface area contributed by atoms with Gasteiger partial charge in [-0.1, -0.05) is 13.8 Å². The van der Waals surface area contributed by atoms with Gasteiger partial charge in [-0.2, -0.15) is 0 Å². The molecule has 2 aromatic heterocycles. The Hall–Kier alpha value is -1.57. The summed E-state index contributed by atoms with van der Waals surface area (Å²) in [5.41, 5.74) is 8.68. The number of hydrogen-bond donors (Lipinski definition) is 3. The van der Waals surface area contributed by atoms with E-state index in [1.54, 1.807) is 11.7 Å². The van der Waals surface area contributed by atoms with E-state index >= 15 is 0 Å². The molecule has 2 heterocycles. The molecule has 0 saturated heterocycles. The largest absolute Gasteiger partial charge is 0.350 e. The maximum absolute atomic E-state index is 12.5. The topological polar surface area (TPSA) is 106 Å². The molecule has 160 valence electrons. The van der Waals surface area contributed by atoms with Crippen LogP contribution in [0.4, 0.5) is 0 Å². The number of pyridine rings is 1. The lowest BCUT2D eigenvalue weighted by Gasteiger charge is -2.31. The molecule has 1 atom stereocenters. The molecule has 9 heteroatoms. The van der Waals surface area contributed by atoms with Gasteiger partial charge in [0.2, 0.25) is 5.91 Å². The van der Waals surface area contributed by atoms with Crippen molar-refractivity contribution in [1.82, 2.24) is 20.1 Å². The van der Waals surface area contributed by atoms with Crippen LogP contribution in [0, 0.1) is 19.8 Å². The molecule has 1 amide bonds. The smallest absolute Gasteiger partial charge is 0.273 e. The highest BCUT2D eigenvalue weighted by molar-refractivity contribution is 5.85. The van der Waals surface area contributed by atoms with Gasteiger partial charge in [0.15, 0.2) is 5.65 Å². The minimum atomic E-state index is -0.395. The number of aryl methyl sites for hydroxylation is 3. The first kappa shape index (κ1) is 26.4. The van der Waals surface area contributed by atoms with Crippen molar-refractivity contribution in [2.24, 2.45) is 18.7 Å². The number of H-pyrrole nitrogens is 1. The number of hydrogen-bond acceptors (Lipinski definition) is 4. The summed E-state index contributed by atoms with van der Waals surface area (Å²) in [6.07, 6.45) is 1.72. The Morgan fingerprint density at radius 3 is 2.46 bits per heavy atom. The van der Waals surface area contributed by atoms with Crippen LogP contribution in [0.5, 0.6) is 0 Å². The maximum Gasteiger partial charge on any atom is 0.273 e. The van der Waals surface area contributed by atoms with Gasteiger partial charge in [-0.05, 0) is 50.7 Å². The van der Waals surface area contributed by atoms with Gasteiger partial charge in [0, 0.05) is 31.2 Å². The van der Waals surface area contributed by atoms with E-state index in [2.05, 4.69) is 29.2 Å². The van der Waals surface area contributed by atoms with E-state index in [4.69, 9.17) is 5.73 Å². The Bertz CT molecular complexity index is 875. The highest BCUT2D eigenvalue weighted by Crippen LogP contribution is 2.21.